The van der Waals surface area contributed by atoms with Crippen molar-refractivity contribution in [2.45, 2.75) is 6.54 Å². The number of hydrogen-bond donors (Lipinski definition) is 2. The van der Waals surface area contributed by atoms with Gasteiger partial charge in [-0.1, -0.05) is 60.7 Å². The largest absolute Gasteiger partial charge is 0.495 e. The first-order chi connectivity index (χ1) is 17.5. The van der Waals surface area contributed by atoms with E-state index in [0.717, 1.165) is 26.9 Å². The predicted molar refractivity (Wildman–Crippen MR) is 137 cm³/mol. The summed E-state index contributed by atoms with van der Waals surface area (Å²) < 4.78 is 7.34. The molecule has 0 aliphatic carbocycles. The highest BCUT2D eigenvalue weighted by Gasteiger charge is 2.35. The standard InChI is InChI=1S/C28H24N4O4/c1-36-25-14-8-6-12-22(25)29-26(33)18-32-27(34)23(30-28(32)35)15-20-17-31(16-19-9-3-2-4-10-19)24-13-7-5-11-21(20)24/h2-15,17H,16,18H2,1H3,(H,29,33)(H,30,35)/b23-15+. The van der Waals surface area contributed by atoms with Gasteiger partial charge in [0.2, 0.25) is 5.91 Å². The van der Waals surface area contributed by atoms with Gasteiger partial charge in [-0.3, -0.25) is 9.59 Å². The van der Waals surface area contributed by atoms with Crippen molar-refractivity contribution in [1.82, 2.24) is 14.8 Å². The van der Waals surface area contributed by atoms with Gasteiger partial charge in [-0.25, -0.2) is 9.69 Å². The number of urea groups is 1. The van der Waals surface area contributed by atoms with Gasteiger partial charge in [0.1, 0.15) is 18.0 Å². The lowest BCUT2D eigenvalue weighted by Crippen LogP contribution is -2.38. The summed E-state index contributed by atoms with van der Waals surface area (Å²) in [5, 5.41) is 6.24. The first kappa shape index (κ1) is 22.9. The van der Waals surface area contributed by atoms with Crippen LogP contribution in [0.2, 0.25) is 0 Å². The summed E-state index contributed by atoms with van der Waals surface area (Å²) in [4.78, 5) is 39.0. The molecule has 0 saturated carbocycles. The van der Waals surface area contributed by atoms with Gasteiger partial charge in [0, 0.05) is 29.2 Å². The van der Waals surface area contributed by atoms with Crippen LogP contribution in [0.3, 0.4) is 0 Å². The molecule has 0 radical (unpaired) electrons. The Balaban J connectivity index is 1.37. The molecule has 0 atom stereocenters. The summed E-state index contributed by atoms with van der Waals surface area (Å²) in [6.07, 6.45) is 3.61. The minimum absolute atomic E-state index is 0.118. The number of rotatable bonds is 7. The van der Waals surface area contributed by atoms with E-state index in [4.69, 9.17) is 4.74 Å². The molecule has 2 N–H and O–H groups in total. The number of aromatic nitrogens is 1. The molecule has 0 unspecified atom stereocenters. The van der Waals surface area contributed by atoms with Crippen LogP contribution in [-0.4, -0.2) is 41.0 Å². The van der Waals surface area contributed by atoms with Crippen LogP contribution in [0.4, 0.5) is 10.5 Å². The topological polar surface area (TPSA) is 92.7 Å². The second kappa shape index (κ2) is 9.79. The van der Waals surface area contributed by atoms with Crippen molar-refractivity contribution in [2.24, 2.45) is 0 Å². The molecule has 3 aromatic carbocycles. The molecule has 8 heteroatoms. The van der Waals surface area contributed by atoms with Gasteiger partial charge in [0.15, 0.2) is 0 Å². The molecule has 4 amide bonds. The number of hydrogen-bond acceptors (Lipinski definition) is 4. The van der Waals surface area contributed by atoms with E-state index in [-0.39, 0.29) is 5.70 Å². The van der Waals surface area contributed by atoms with E-state index >= 15 is 0 Å². The lowest BCUT2D eigenvalue weighted by molar-refractivity contribution is -0.127. The van der Waals surface area contributed by atoms with Gasteiger partial charge in [-0.05, 0) is 29.8 Å². The molecule has 1 aromatic heterocycles. The van der Waals surface area contributed by atoms with E-state index in [1.807, 2.05) is 48.7 Å². The molecule has 1 aliphatic rings. The number of imide groups is 1. The second-order valence-electron chi connectivity index (χ2n) is 8.34. The van der Waals surface area contributed by atoms with E-state index in [2.05, 4.69) is 27.3 Å². The number of para-hydroxylation sites is 3. The monoisotopic (exact) mass is 480 g/mol. The van der Waals surface area contributed by atoms with Crippen molar-refractivity contribution >= 4 is 40.5 Å². The lowest BCUT2D eigenvalue weighted by atomic mass is 10.1. The van der Waals surface area contributed by atoms with Crippen LogP contribution >= 0.6 is 0 Å². The predicted octanol–water partition coefficient (Wildman–Crippen LogP) is 4.23. The lowest BCUT2D eigenvalue weighted by Gasteiger charge is -2.13. The van der Waals surface area contributed by atoms with E-state index in [0.29, 0.717) is 18.0 Å². The zero-order chi connectivity index (χ0) is 25.1. The molecular formula is C28H24N4O4. The molecule has 180 valence electrons. The number of anilines is 1. The smallest absolute Gasteiger partial charge is 0.329 e. The molecule has 4 aromatic rings. The van der Waals surface area contributed by atoms with Crippen molar-refractivity contribution < 1.29 is 19.1 Å². The number of amides is 4. The quantitative estimate of drug-likeness (QED) is 0.306. The minimum Gasteiger partial charge on any atom is -0.495 e. The summed E-state index contributed by atoms with van der Waals surface area (Å²) >= 11 is 0. The van der Waals surface area contributed by atoms with Crippen LogP contribution in [0.1, 0.15) is 11.1 Å². The molecule has 36 heavy (non-hydrogen) atoms. The normalized spacial score (nSPS) is 14.4. The maximum Gasteiger partial charge on any atom is 0.329 e. The fraction of sp³-hybridized carbons (Fsp3) is 0.107. The van der Waals surface area contributed by atoms with E-state index in [9.17, 15) is 14.4 Å². The zero-order valence-corrected chi connectivity index (χ0v) is 19.6. The number of nitrogens with one attached hydrogen (secondary N) is 2. The molecule has 0 bridgehead atoms. The first-order valence-electron chi connectivity index (χ1n) is 11.4. The average Bonchev–Trinajstić information content (AvgIpc) is 3.36. The Morgan fingerprint density at radius 2 is 1.69 bits per heavy atom. The Labute approximate surface area is 207 Å². The maximum absolute atomic E-state index is 13.0. The number of methoxy groups -OCH3 is 1. The van der Waals surface area contributed by atoms with E-state index in [1.165, 1.54) is 7.11 Å². The fourth-order valence-electron chi connectivity index (χ4n) is 4.25. The van der Waals surface area contributed by atoms with Crippen LogP contribution in [0, 0.1) is 0 Å². The highest BCUT2D eigenvalue weighted by molar-refractivity contribution is 6.16. The van der Waals surface area contributed by atoms with E-state index < -0.39 is 24.4 Å². The van der Waals surface area contributed by atoms with Crippen molar-refractivity contribution in [3.05, 3.63) is 102 Å². The number of nitrogens with zero attached hydrogens (tertiary/aromatic N) is 2. The summed E-state index contributed by atoms with van der Waals surface area (Å²) in [5.74, 6) is -0.589. The van der Waals surface area contributed by atoms with Gasteiger partial charge in [-0.2, -0.15) is 0 Å². The van der Waals surface area contributed by atoms with Crippen molar-refractivity contribution in [1.29, 1.82) is 0 Å². The Kier molecular flexibility index (Phi) is 6.23. The van der Waals surface area contributed by atoms with Gasteiger partial charge in [0.05, 0.1) is 12.8 Å². The first-order valence-corrected chi connectivity index (χ1v) is 11.4. The van der Waals surface area contributed by atoms with Crippen LogP contribution < -0.4 is 15.4 Å². The van der Waals surface area contributed by atoms with Crippen molar-refractivity contribution in [3.8, 4) is 5.75 Å². The number of benzene rings is 3. The number of carbonyl (C=O) groups excluding carboxylic acids is 3. The summed E-state index contributed by atoms with van der Waals surface area (Å²) in [7, 11) is 1.50. The molecule has 1 fully saturated rings. The van der Waals surface area contributed by atoms with Gasteiger partial charge in [0.25, 0.3) is 5.91 Å². The van der Waals surface area contributed by atoms with E-state index in [1.54, 1.807) is 30.3 Å². The number of ether oxygens (including phenoxy) is 1. The molecule has 1 saturated heterocycles. The zero-order valence-electron chi connectivity index (χ0n) is 19.6. The Morgan fingerprint density at radius 1 is 0.972 bits per heavy atom. The molecule has 5 rings (SSSR count). The third-order valence-electron chi connectivity index (χ3n) is 5.96. The third kappa shape index (κ3) is 4.56. The highest BCUT2D eigenvalue weighted by Crippen LogP contribution is 2.26. The van der Waals surface area contributed by atoms with Gasteiger partial charge < -0.3 is 19.9 Å². The van der Waals surface area contributed by atoms with Crippen molar-refractivity contribution in [2.75, 3.05) is 19.0 Å². The minimum atomic E-state index is -0.644. The van der Waals surface area contributed by atoms with Gasteiger partial charge >= 0.3 is 6.03 Å². The second-order valence-corrected chi connectivity index (χ2v) is 8.34. The van der Waals surface area contributed by atoms with Crippen LogP contribution in [0.15, 0.2) is 90.8 Å². The Bertz CT molecular complexity index is 1490. The average molecular weight is 481 g/mol. The summed E-state index contributed by atoms with van der Waals surface area (Å²) in [6, 6.07) is 24.2. The maximum atomic E-state index is 13.0. The molecule has 2 heterocycles. The number of fused-ring (bicyclic) bond motifs is 1. The van der Waals surface area contributed by atoms with Crippen LogP contribution in [0.25, 0.3) is 17.0 Å². The third-order valence-corrected chi connectivity index (χ3v) is 5.96. The van der Waals surface area contributed by atoms with Crippen molar-refractivity contribution in [3.63, 3.8) is 0 Å². The number of carbonyl (C=O) groups is 3. The Morgan fingerprint density at radius 3 is 2.50 bits per heavy atom. The molecular weight excluding hydrogens is 456 g/mol. The SMILES string of the molecule is COc1ccccc1NC(=O)CN1C(=O)N/C(=C/c2cn(Cc3ccccc3)c3ccccc23)C1=O. The summed E-state index contributed by atoms with van der Waals surface area (Å²) in [6.45, 7) is 0.246. The summed E-state index contributed by atoms with van der Waals surface area (Å²) in [5.41, 5.74) is 3.53. The van der Waals surface area contributed by atoms with Crippen LogP contribution in [-0.2, 0) is 16.1 Å². The highest BCUT2D eigenvalue weighted by atomic mass is 16.5. The molecule has 8 nitrogen and oxygen atoms in total. The molecule has 0 spiro atoms. The molecule has 1 aliphatic heterocycles. The van der Waals surface area contributed by atoms with Gasteiger partial charge in [-0.15, -0.1) is 0 Å². The fourth-order valence-corrected chi connectivity index (χ4v) is 4.25. The Hall–Kier alpha value is -4.85. The van der Waals surface area contributed by atoms with Crippen LogP contribution in [0.5, 0.6) is 5.75 Å².